The highest BCUT2D eigenvalue weighted by molar-refractivity contribution is 7.17. The van der Waals surface area contributed by atoms with Crippen molar-refractivity contribution in [2.24, 2.45) is 0 Å². The molecule has 2 heterocycles. The van der Waals surface area contributed by atoms with E-state index >= 15 is 0 Å². The van der Waals surface area contributed by atoms with Crippen LogP contribution in [0.15, 0.2) is 48.7 Å². The van der Waals surface area contributed by atoms with E-state index in [1.165, 1.54) is 11.3 Å². The summed E-state index contributed by atoms with van der Waals surface area (Å²) in [5.74, 6) is 1.45. The first-order valence-corrected chi connectivity index (χ1v) is 9.31. The first kappa shape index (κ1) is 18.8. The Labute approximate surface area is 162 Å². The molecule has 0 bridgehead atoms. The number of amides is 1. The van der Waals surface area contributed by atoms with Gasteiger partial charge in [-0.1, -0.05) is 6.07 Å². The van der Waals surface area contributed by atoms with Gasteiger partial charge in [-0.2, -0.15) is 0 Å². The summed E-state index contributed by atoms with van der Waals surface area (Å²) in [5.41, 5.74) is 1.49. The molecule has 0 aliphatic heterocycles. The molecule has 0 atom stereocenters. The van der Waals surface area contributed by atoms with Gasteiger partial charge in [-0.3, -0.25) is 9.78 Å². The Morgan fingerprint density at radius 3 is 2.56 bits per heavy atom. The molecule has 1 aromatic carbocycles. The largest absolute Gasteiger partial charge is 0.497 e. The molecule has 0 aliphatic rings. The number of aryl methyl sites for hydroxylation is 1. The lowest BCUT2D eigenvalue weighted by molar-refractivity contribution is 0.0777. The van der Waals surface area contributed by atoms with Crippen molar-refractivity contribution in [2.45, 2.75) is 6.92 Å². The van der Waals surface area contributed by atoms with Crippen LogP contribution >= 0.6 is 11.3 Å². The molecule has 6 nitrogen and oxygen atoms in total. The summed E-state index contributed by atoms with van der Waals surface area (Å²) in [6.07, 6.45) is 1.72. The molecular formula is C20H21N3O3S. The average molecular weight is 383 g/mol. The van der Waals surface area contributed by atoms with E-state index in [9.17, 15) is 4.79 Å². The van der Waals surface area contributed by atoms with Crippen molar-refractivity contribution in [3.8, 4) is 22.2 Å². The maximum absolute atomic E-state index is 12.7. The van der Waals surface area contributed by atoms with E-state index in [-0.39, 0.29) is 5.91 Å². The minimum atomic E-state index is -0.0643. The molecule has 7 heteroatoms. The van der Waals surface area contributed by atoms with Crippen molar-refractivity contribution in [1.29, 1.82) is 0 Å². The summed E-state index contributed by atoms with van der Waals surface area (Å²) in [6, 6.07) is 13.0. The molecule has 0 saturated carbocycles. The van der Waals surface area contributed by atoms with Crippen LogP contribution in [0.25, 0.3) is 10.7 Å². The van der Waals surface area contributed by atoms with Gasteiger partial charge in [0.25, 0.3) is 5.91 Å². The van der Waals surface area contributed by atoms with Gasteiger partial charge < -0.3 is 14.4 Å². The van der Waals surface area contributed by atoms with Crippen LogP contribution in [-0.2, 0) is 0 Å². The standard InChI is InChI=1S/C20H21N3O3S/c1-14-18(27-19(22-14)17-6-4-5-11-21-17)20(24)23(2)12-13-26-16-9-7-15(25-3)8-10-16/h4-11H,12-13H2,1-3H3. The van der Waals surface area contributed by atoms with Gasteiger partial charge >= 0.3 is 0 Å². The van der Waals surface area contributed by atoms with Gasteiger partial charge in [0.2, 0.25) is 0 Å². The second-order valence-electron chi connectivity index (χ2n) is 5.90. The van der Waals surface area contributed by atoms with E-state index in [2.05, 4.69) is 9.97 Å². The number of hydrogen-bond acceptors (Lipinski definition) is 6. The molecule has 3 aromatic rings. The van der Waals surface area contributed by atoms with Crippen molar-refractivity contribution in [3.63, 3.8) is 0 Å². The van der Waals surface area contributed by atoms with Crippen LogP contribution in [0.1, 0.15) is 15.4 Å². The fourth-order valence-corrected chi connectivity index (χ4v) is 3.48. The van der Waals surface area contributed by atoms with Gasteiger partial charge in [0.05, 0.1) is 25.0 Å². The fraction of sp³-hybridized carbons (Fsp3) is 0.250. The predicted molar refractivity (Wildman–Crippen MR) is 106 cm³/mol. The van der Waals surface area contributed by atoms with E-state index in [1.54, 1.807) is 25.3 Å². The van der Waals surface area contributed by atoms with E-state index < -0.39 is 0 Å². The van der Waals surface area contributed by atoms with Crippen molar-refractivity contribution in [1.82, 2.24) is 14.9 Å². The molecule has 0 spiro atoms. The first-order chi connectivity index (χ1) is 13.1. The Kier molecular flexibility index (Phi) is 6.03. The Morgan fingerprint density at radius 1 is 1.15 bits per heavy atom. The van der Waals surface area contributed by atoms with Crippen LogP contribution in [0.4, 0.5) is 0 Å². The third kappa shape index (κ3) is 4.62. The zero-order chi connectivity index (χ0) is 19.2. The number of carbonyl (C=O) groups is 1. The highest BCUT2D eigenvalue weighted by Gasteiger charge is 2.20. The molecule has 0 unspecified atom stereocenters. The number of rotatable bonds is 7. The van der Waals surface area contributed by atoms with Crippen LogP contribution < -0.4 is 9.47 Å². The Morgan fingerprint density at radius 2 is 1.89 bits per heavy atom. The van der Waals surface area contributed by atoms with Gasteiger partial charge in [0, 0.05) is 13.2 Å². The molecule has 3 rings (SSSR count). The third-order valence-electron chi connectivity index (χ3n) is 3.98. The summed E-state index contributed by atoms with van der Waals surface area (Å²) in [6.45, 7) is 2.72. The van der Waals surface area contributed by atoms with E-state index in [0.29, 0.717) is 23.7 Å². The Bertz CT molecular complexity index is 895. The fourth-order valence-electron chi connectivity index (χ4n) is 2.44. The number of likely N-dealkylation sites (N-methyl/N-ethyl adjacent to an activating group) is 1. The van der Waals surface area contributed by atoms with Gasteiger partial charge in [-0.05, 0) is 43.3 Å². The van der Waals surface area contributed by atoms with Crippen molar-refractivity contribution in [3.05, 3.63) is 59.2 Å². The number of hydrogen-bond donors (Lipinski definition) is 0. The maximum atomic E-state index is 12.7. The smallest absolute Gasteiger partial charge is 0.265 e. The number of nitrogens with zero attached hydrogens (tertiary/aromatic N) is 3. The summed E-state index contributed by atoms with van der Waals surface area (Å²) in [5, 5.41) is 0.749. The normalized spacial score (nSPS) is 10.5. The van der Waals surface area contributed by atoms with Crippen LogP contribution in [-0.4, -0.2) is 48.1 Å². The molecule has 0 saturated heterocycles. The molecule has 27 heavy (non-hydrogen) atoms. The number of thiazole rings is 1. The minimum Gasteiger partial charge on any atom is -0.497 e. The third-order valence-corrected chi connectivity index (χ3v) is 5.14. The van der Waals surface area contributed by atoms with Gasteiger partial charge in [-0.25, -0.2) is 4.98 Å². The molecule has 1 amide bonds. The molecule has 0 N–H and O–H groups in total. The summed E-state index contributed by atoms with van der Waals surface area (Å²) in [4.78, 5) is 23.8. The number of benzene rings is 1. The maximum Gasteiger partial charge on any atom is 0.265 e. The molecule has 0 aliphatic carbocycles. The van der Waals surface area contributed by atoms with Gasteiger partial charge in [0.15, 0.2) is 0 Å². The highest BCUT2D eigenvalue weighted by atomic mass is 32.1. The molecule has 2 aromatic heterocycles. The topological polar surface area (TPSA) is 64.6 Å². The van der Waals surface area contributed by atoms with Crippen LogP contribution in [0, 0.1) is 6.92 Å². The summed E-state index contributed by atoms with van der Waals surface area (Å²) in [7, 11) is 3.39. The SMILES string of the molecule is COc1ccc(OCCN(C)C(=O)c2sc(-c3ccccn3)nc2C)cc1. The first-order valence-electron chi connectivity index (χ1n) is 8.49. The number of methoxy groups -OCH3 is 1. The van der Waals surface area contributed by atoms with E-state index in [0.717, 1.165) is 22.2 Å². The number of aromatic nitrogens is 2. The molecule has 140 valence electrons. The lowest BCUT2D eigenvalue weighted by atomic mass is 10.3. The highest BCUT2D eigenvalue weighted by Crippen LogP contribution is 2.27. The van der Waals surface area contributed by atoms with Crippen LogP contribution in [0.5, 0.6) is 11.5 Å². The molecule has 0 fully saturated rings. The summed E-state index contributed by atoms with van der Waals surface area (Å²) < 4.78 is 10.8. The van der Waals surface area contributed by atoms with E-state index in [1.807, 2.05) is 49.4 Å². The Hall–Kier alpha value is -2.93. The van der Waals surface area contributed by atoms with Crippen LogP contribution in [0.3, 0.4) is 0 Å². The molecular weight excluding hydrogens is 362 g/mol. The zero-order valence-electron chi connectivity index (χ0n) is 15.5. The second-order valence-corrected chi connectivity index (χ2v) is 6.90. The lowest BCUT2D eigenvalue weighted by Crippen LogP contribution is -2.30. The minimum absolute atomic E-state index is 0.0643. The second kappa shape index (κ2) is 8.64. The lowest BCUT2D eigenvalue weighted by Gasteiger charge is -2.17. The van der Waals surface area contributed by atoms with Crippen molar-refractivity contribution < 1.29 is 14.3 Å². The van der Waals surface area contributed by atoms with Crippen molar-refractivity contribution in [2.75, 3.05) is 27.3 Å². The predicted octanol–water partition coefficient (Wildman–Crippen LogP) is 3.67. The zero-order valence-corrected chi connectivity index (χ0v) is 16.3. The molecule has 0 radical (unpaired) electrons. The Balaban J connectivity index is 1.59. The number of carbonyl (C=O) groups excluding carboxylic acids is 1. The summed E-state index contributed by atoms with van der Waals surface area (Å²) >= 11 is 1.36. The monoisotopic (exact) mass is 383 g/mol. The van der Waals surface area contributed by atoms with Crippen LogP contribution in [0.2, 0.25) is 0 Å². The number of pyridine rings is 1. The van der Waals surface area contributed by atoms with Crippen molar-refractivity contribution >= 4 is 17.2 Å². The van der Waals surface area contributed by atoms with Gasteiger partial charge in [-0.15, -0.1) is 11.3 Å². The number of ether oxygens (including phenoxy) is 2. The van der Waals surface area contributed by atoms with Gasteiger partial charge in [0.1, 0.15) is 28.0 Å². The average Bonchev–Trinajstić information content (AvgIpc) is 3.10. The van der Waals surface area contributed by atoms with E-state index in [4.69, 9.17) is 9.47 Å². The quantitative estimate of drug-likeness (QED) is 0.623.